The third-order valence-corrected chi connectivity index (χ3v) is 5.81. The summed E-state index contributed by atoms with van der Waals surface area (Å²) >= 11 is 5.91. The lowest BCUT2D eigenvalue weighted by molar-refractivity contribution is -0.131. The second-order valence-corrected chi connectivity index (χ2v) is 7.81. The van der Waals surface area contributed by atoms with E-state index in [9.17, 15) is 10.1 Å². The van der Waals surface area contributed by atoms with Crippen molar-refractivity contribution < 1.29 is 4.79 Å². The Labute approximate surface area is 179 Å². The number of hydrogen-bond donors (Lipinski definition) is 0. The molecule has 0 unspecified atom stereocenters. The summed E-state index contributed by atoms with van der Waals surface area (Å²) in [7, 11) is 0. The molecule has 8 nitrogen and oxygen atoms in total. The Morgan fingerprint density at radius 3 is 2.63 bits per heavy atom. The highest BCUT2D eigenvalue weighted by molar-refractivity contribution is 6.30. The number of rotatable bonds is 4. The van der Waals surface area contributed by atoms with E-state index in [4.69, 9.17) is 11.6 Å². The zero-order valence-corrected chi connectivity index (χ0v) is 17.7. The zero-order valence-electron chi connectivity index (χ0n) is 17.0. The predicted octanol–water partition coefficient (Wildman–Crippen LogP) is 2.55. The fraction of sp³-hybridized carbons (Fsp3) is 0.381. The summed E-state index contributed by atoms with van der Waals surface area (Å²) in [6.45, 7) is 6.70. The smallest absolute Gasteiger partial charge is 0.223 e. The van der Waals surface area contributed by atoms with Crippen molar-refractivity contribution in [3.8, 4) is 6.07 Å². The lowest BCUT2D eigenvalue weighted by atomic mass is 10.1. The molecule has 1 aliphatic heterocycles. The summed E-state index contributed by atoms with van der Waals surface area (Å²) in [5, 5.41) is 14.1. The molecule has 0 bridgehead atoms. The van der Waals surface area contributed by atoms with Crippen molar-refractivity contribution in [3.63, 3.8) is 0 Å². The van der Waals surface area contributed by atoms with Gasteiger partial charge in [-0.05, 0) is 38.0 Å². The molecule has 1 fully saturated rings. The maximum absolute atomic E-state index is 12.8. The largest absolute Gasteiger partial charge is 0.353 e. The van der Waals surface area contributed by atoms with Crippen LogP contribution in [0.15, 0.2) is 24.5 Å². The average molecular weight is 424 g/mol. The topological polar surface area (TPSA) is 90.4 Å². The quantitative estimate of drug-likeness (QED) is 0.640. The first-order valence-corrected chi connectivity index (χ1v) is 10.2. The van der Waals surface area contributed by atoms with Crippen LogP contribution in [-0.2, 0) is 11.2 Å². The first-order chi connectivity index (χ1) is 14.5. The number of anilines is 1. The predicted molar refractivity (Wildman–Crippen MR) is 114 cm³/mol. The number of fused-ring (bicyclic) bond motifs is 1. The number of nitriles is 1. The van der Waals surface area contributed by atoms with Crippen LogP contribution < -0.4 is 4.90 Å². The molecule has 0 saturated carbocycles. The molecule has 30 heavy (non-hydrogen) atoms. The summed E-state index contributed by atoms with van der Waals surface area (Å²) in [5.41, 5.74) is 3.78. The van der Waals surface area contributed by atoms with Gasteiger partial charge in [0.25, 0.3) is 0 Å². The van der Waals surface area contributed by atoms with Crippen LogP contribution in [0.2, 0.25) is 5.02 Å². The van der Waals surface area contributed by atoms with Gasteiger partial charge in [-0.2, -0.15) is 10.4 Å². The molecule has 0 atom stereocenters. The number of aryl methyl sites for hydroxylation is 2. The molecule has 0 aromatic carbocycles. The van der Waals surface area contributed by atoms with Crippen LogP contribution in [0.4, 0.5) is 5.82 Å². The maximum atomic E-state index is 12.8. The van der Waals surface area contributed by atoms with E-state index >= 15 is 0 Å². The van der Waals surface area contributed by atoms with Gasteiger partial charge in [0, 0.05) is 50.2 Å². The second kappa shape index (κ2) is 8.28. The Morgan fingerprint density at radius 1 is 1.20 bits per heavy atom. The Morgan fingerprint density at radius 2 is 1.97 bits per heavy atom. The number of carbonyl (C=O) groups excluding carboxylic acids is 1. The number of amides is 1. The molecule has 0 spiro atoms. The number of nitrogens with zero attached hydrogens (tertiary/aromatic N) is 7. The molecule has 0 aliphatic carbocycles. The van der Waals surface area contributed by atoms with Gasteiger partial charge in [-0.25, -0.2) is 14.5 Å². The Kier molecular flexibility index (Phi) is 5.55. The number of halogens is 1. The molecular formula is C21H22ClN7O. The number of pyridine rings is 1. The normalized spacial score (nSPS) is 14.2. The van der Waals surface area contributed by atoms with Crippen LogP contribution in [-0.4, -0.2) is 56.6 Å². The van der Waals surface area contributed by atoms with Crippen molar-refractivity contribution in [2.75, 3.05) is 31.1 Å². The molecule has 154 valence electrons. The van der Waals surface area contributed by atoms with Gasteiger partial charge in [-0.1, -0.05) is 11.6 Å². The van der Waals surface area contributed by atoms with Crippen LogP contribution >= 0.6 is 11.6 Å². The van der Waals surface area contributed by atoms with E-state index in [1.807, 2.05) is 30.9 Å². The van der Waals surface area contributed by atoms with Crippen LogP contribution in [0.1, 0.15) is 28.9 Å². The van der Waals surface area contributed by atoms with E-state index < -0.39 is 0 Å². The van der Waals surface area contributed by atoms with Crippen molar-refractivity contribution in [1.29, 1.82) is 5.26 Å². The van der Waals surface area contributed by atoms with E-state index in [2.05, 4.69) is 26.0 Å². The number of carbonyl (C=O) groups is 1. The highest BCUT2D eigenvalue weighted by Crippen LogP contribution is 2.20. The molecule has 1 amide bonds. The molecule has 1 saturated heterocycles. The third kappa shape index (κ3) is 3.81. The van der Waals surface area contributed by atoms with Crippen molar-refractivity contribution in [2.45, 2.75) is 26.7 Å². The number of aromatic nitrogens is 4. The van der Waals surface area contributed by atoms with Gasteiger partial charge in [0.05, 0.1) is 11.2 Å². The number of piperazine rings is 1. The minimum atomic E-state index is 0.135. The minimum absolute atomic E-state index is 0.135. The standard InChI is InChI=1S/C21H22ClN7O/c1-14-18(15(2)29-21(26-14)16(11-23)12-25-29)4-6-20(30)28-9-7-27(8-10-28)19-5-3-17(22)13-24-19/h3,5,12-13H,4,6-10H2,1-2H3. The van der Waals surface area contributed by atoms with Gasteiger partial charge in [0.15, 0.2) is 5.65 Å². The number of hydrogen-bond acceptors (Lipinski definition) is 6. The summed E-state index contributed by atoms with van der Waals surface area (Å²) in [6.07, 6.45) is 4.18. The molecule has 4 heterocycles. The van der Waals surface area contributed by atoms with Gasteiger partial charge in [0.2, 0.25) is 5.91 Å². The van der Waals surface area contributed by atoms with Crippen molar-refractivity contribution in [3.05, 3.63) is 52.1 Å². The van der Waals surface area contributed by atoms with Crippen LogP contribution in [0, 0.1) is 25.2 Å². The molecule has 4 rings (SSSR count). The second-order valence-electron chi connectivity index (χ2n) is 7.37. The Bertz CT molecular complexity index is 1120. The summed E-state index contributed by atoms with van der Waals surface area (Å²) < 4.78 is 1.68. The van der Waals surface area contributed by atoms with Crippen molar-refractivity contribution >= 4 is 29.0 Å². The van der Waals surface area contributed by atoms with E-state index in [0.29, 0.717) is 42.2 Å². The third-order valence-electron chi connectivity index (χ3n) is 5.59. The first kappa shape index (κ1) is 20.1. The van der Waals surface area contributed by atoms with Crippen molar-refractivity contribution in [2.24, 2.45) is 0 Å². The van der Waals surface area contributed by atoms with Gasteiger partial charge in [0.1, 0.15) is 17.5 Å². The van der Waals surface area contributed by atoms with Gasteiger partial charge >= 0.3 is 0 Å². The molecule has 9 heteroatoms. The van der Waals surface area contributed by atoms with Crippen LogP contribution in [0.3, 0.4) is 0 Å². The average Bonchev–Trinajstić information content (AvgIpc) is 3.17. The van der Waals surface area contributed by atoms with E-state index in [-0.39, 0.29) is 5.91 Å². The zero-order chi connectivity index (χ0) is 21.3. The minimum Gasteiger partial charge on any atom is -0.353 e. The molecule has 1 aliphatic rings. The lowest BCUT2D eigenvalue weighted by Crippen LogP contribution is -2.49. The van der Waals surface area contributed by atoms with Crippen molar-refractivity contribution in [1.82, 2.24) is 24.5 Å². The summed E-state index contributed by atoms with van der Waals surface area (Å²) in [4.78, 5) is 25.7. The van der Waals surface area contributed by atoms with E-state index in [1.54, 1.807) is 10.7 Å². The highest BCUT2D eigenvalue weighted by atomic mass is 35.5. The van der Waals surface area contributed by atoms with E-state index in [0.717, 1.165) is 35.9 Å². The fourth-order valence-electron chi connectivity index (χ4n) is 3.88. The van der Waals surface area contributed by atoms with E-state index in [1.165, 1.54) is 6.20 Å². The Balaban J connectivity index is 1.38. The van der Waals surface area contributed by atoms with Gasteiger partial charge in [-0.3, -0.25) is 4.79 Å². The molecular weight excluding hydrogens is 402 g/mol. The van der Waals surface area contributed by atoms with Gasteiger partial charge in [-0.15, -0.1) is 0 Å². The van der Waals surface area contributed by atoms with Crippen LogP contribution in [0.5, 0.6) is 0 Å². The lowest BCUT2D eigenvalue weighted by Gasteiger charge is -2.35. The SMILES string of the molecule is Cc1nc2c(C#N)cnn2c(C)c1CCC(=O)N1CCN(c2ccc(Cl)cn2)CC1. The molecule has 0 N–H and O–H groups in total. The monoisotopic (exact) mass is 423 g/mol. The fourth-order valence-corrected chi connectivity index (χ4v) is 3.99. The Hall–Kier alpha value is -3.18. The maximum Gasteiger partial charge on any atom is 0.223 e. The highest BCUT2D eigenvalue weighted by Gasteiger charge is 2.22. The molecule has 0 radical (unpaired) electrons. The molecule has 3 aromatic rings. The summed E-state index contributed by atoms with van der Waals surface area (Å²) in [6, 6.07) is 5.85. The van der Waals surface area contributed by atoms with Crippen LogP contribution in [0.25, 0.3) is 5.65 Å². The summed E-state index contributed by atoms with van der Waals surface area (Å²) in [5.74, 6) is 1.02. The first-order valence-electron chi connectivity index (χ1n) is 9.86. The molecule has 3 aromatic heterocycles. The van der Waals surface area contributed by atoms with Gasteiger partial charge < -0.3 is 9.80 Å².